The van der Waals surface area contributed by atoms with Crippen LogP contribution in [0, 0.1) is 23.4 Å². The quantitative estimate of drug-likeness (QED) is 0.537. The number of aromatic amines is 2. The van der Waals surface area contributed by atoms with Crippen molar-refractivity contribution in [1.82, 2.24) is 39.7 Å². The molecule has 0 saturated heterocycles. The van der Waals surface area contributed by atoms with Gasteiger partial charge < -0.3 is 0 Å². The number of fused-ring (bicyclic) bond motifs is 1. The lowest BCUT2D eigenvalue weighted by atomic mass is 10.1. The summed E-state index contributed by atoms with van der Waals surface area (Å²) in [5.41, 5.74) is 0. The fraction of sp³-hybridized carbons (Fsp3) is 0.143. The minimum Gasteiger partial charge on any atom is -0.265 e. The van der Waals surface area contributed by atoms with Gasteiger partial charge in [-0.15, -0.1) is 10.2 Å². The molecule has 0 aliphatic carbocycles. The first-order chi connectivity index (χ1) is 11.5. The van der Waals surface area contributed by atoms with Crippen LogP contribution in [0.5, 0.6) is 0 Å². The Balaban J connectivity index is 2.06. The van der Waals surface area contributed by atoms with Crippen molar-refractivity contribution in [3.63, 3.8) is 0 Å². The van der Waals surface area contributed by atoms with E-state index in [-0.39, 0.29) is 0 Å². The maximum Gasteiger partial charge on any atom is 0.213 e. The first-order valence-corrected chi connectivity index (χ1v) is 7.94. The van der Waals surface area contributed by atoms with E-state index in [1.54, 1.807) is 9.36 Å². The molecule has 0 aliphatic rings. The first kappa shape index (κ1) is 14.8. The van der Waals surface area contributed by atoms with Gasteiger partial charge in [-0.05, 0) is 38.3 Å². The molecule has 0 radical (unpaired) electrons. The molecule has 120 valence electrons. The Kier molecular flexibility index (Phi) is 3.36. The normalized spacial score (nSPS) is 11.2. The van der Waals surface area contributed by atoms with Crippen LogP contribution in [0.2, 0.25) is 0 Å². The van der Waals surface area contributed by atoms with Crippen molar-refractivity contribution in [3.8, 4) is 11.6 Å². The predicted octanol–water partition coefficient (Wildman–Crippen LogP) is 2.73. The molecule has 0 fully saturated rings. The van der Waals surface area contributed by atoms with Crippen LogP contribution in [0.4, 0.5) is 0 Å². The summed E-state index contributed by atoms with van der Waals surface area (Å²) in [7, 11) is 0. The van der Waals surface area contributed by atoms with Crippen molar-refractivity contribution in [3.05, 3.63) is 45.5 Å². The molecule has 2 N–H and O–H groups in total. The van der Waals surface area contributed by atoms with E-state index in [9.17, 15) is 0 Å². The summed E-state index contributed by atoms with van der Waals surface area (Å²) in [5.74, 6) is 2.69. The lowest BCUT2D eigenvalue weighted by Crippen LogP contribution is -2.09. The van der Waals surface area contributed by atoms with Crippen LogP contribution in [0.3, 0.4) is 0 Å². The second-order valence-corrected chi connectivity index (χ2v) is 5.99. The summed E-state index contributed by atoms with van der Waals surface area (Å²) < 4.78 is 4.25. The number of H-pyrrole nitrogens is 2. The number of aryl methyl sites for hydroxylation is 2. The predicted molar refractivity (Wildman–Crippen MR) is 93.6 cm³/mol. The van der Waals surface area contributed by atoms with Crippen molar-refractivity contribution >= 4 is 35.2 Å². The molecule has 0 atom stereocenters. The summed E-state index contributed by atoms with van der Waals surface area (Å²) >= 11 is 10.2. The molecule has 0 aliphatic heterocycles. The Hall–Kier alpha value is -2.72. The van der Waals surface area contributed by atoms with E-state index in [4.69, 9.17) is 24.4 Å². The molecule has 1 aromatic carbocycles. The van der Waals surface area contributed by atoms with E-state index in [1.165, 1.54) is 0 Å². The molecule has 3 heterocycles. The molecule has 10 heteroatoms. The van der Waals surface area contributed by atoms with Gasteiger partial charge in [-0.2, -0.15) is 0 Å². The Labute approximate surface area is 146 Å². The standard InChI is InChI=1S/C14H12N8S2/c1-7-15-13(23)19-21(7)11-9-5-3-4-6-10(9)12(18-17-11)22-8(2)16-14(24)20-22/h3-6H,1-2H3,(H,19,23)(H,20,24). The van der Waals surface area contributed by atoms with E-state index < -0.39 is 0 Å². The Bertz CT molecular complexity index is 1090. The summed E-state index contributed by atoms with van der Waals surface area (Å²) in [6, 6.07) is 7.84. The third kappa shape index (κ3) is 2.27. The number of nitrogens with one attached hydrogen (secondary N) is 2. The topological polar surface area (TPSA) is 93.0 Å². The summed E-state index contributed by atoms with van der Waals surface area (Å²) in [6.45, 7) is 3.71. The second-order valence-electron chi connectivity index (χ2n) is 5.22. The molecule has 0 bridgehead atoms. The molecular weight excluding hydrogens is 344 g/mol. The highest BCUT2D eigenvalue weighted by Gasteiger charge is 2.15. The van der Waals surface area contributed by atoms with Crippen LogP contribution in [0.1, 0.15) is 11.6 Å². The molecule has 3 aromatic heterocycles. The van der Waals surface area contributed by atoms with E-state index in [0.29, 0.717) is 32.8 Å². The molecule has 8 nitrogen and oxygen atoms in total. The fourth-order valence-electron chi connectivity index (χ4n) is 2.62. The average molecular weight is 356 g/mol. The molecule has 0 amide bonds. The molecule has 0 spiro atoms. The van der Waals surface area contributed by atoms with E-state index in [1.807, 2.05) is 38.1 Å². The number of rotatable bonds is 2. The molecule has 4 aromatic rings. The van der Waals surface area contributed by atoms with Gasteiger partial charge in [0.2, 0.25) is 9.54 Å². The number of aromatic nitrogens is 8. The lowest BCUT2D eigenvalue weighted by Gasteiger charge is -2.11. The van der Waals surface area contributed by atoms with Gasteiger partial charge in [-0.25, -0.2) is 19.3 Å². The van der Waals surface area contributed by atoms with Crippen molar-refractivity contribution in [2.45, 2.75) is 13.8 Å². The summed E-state index contributed by atoms with van der Waals surface area (Å²) in [5, 5.41) is 16.6. The molecular formula is C14H12N8S2. The van der Waals surface area contributed by atoms with Crippen LogP contribution >= 0.6 is 24.4 Å². The SMILES string of the molecule is Cc1nc(=S)[nH]n1-c1nnc(-n2[nH]c(=S)nc2C)c2ccccc12. The van der Waals surface area contributed by atoms with Crippen LogP contribution < -0.4 is 0 Å². The molecule has 4 rings (SSSR count). The third-order valence-electron chi connectivity index (χ3n) is 3.66. The highest BCUT2D eigenvalue weighted by atomic mass is 32.1. The van der Waals surface area contributed by atoms with Gasteiger partial charge in [0.15, 0.2) is 11.6 Å². The van der Waals surface area contributed by atoms with Crippen molar-refractivity contribution in [2.24, 2.45) is 0 Å². The Morgan fingerprint density at radius 2 is 1.21 bits per heavy atom. The van der Waals surface area contributed by atoms with Gasteiger partial charge >= 0.3 is 0 Å². The number of benzene rings is 1. The largest absolute Gasteiger partial charge is 0.265 e. The van der Waals surface area contributed by atoms with Gasteiger partial charge in [-0.1, -0.05) is 24.3 Å². The highest BCUT2D eigenvalue weighted by molar-refractivity contribution is 7.71. The Morgan fingerprint density at radius 3 is 1.54 bits per heavy atom. The Morgan fingerprint density at radius 1 is 0.792 bits per heavy atom. The smallest absolute Gasteiger partial charge is 0.213 e. The van der Waals surface area contributed by atoms with Crippen LogP contribution in [0.15, 0.2) is 24.3 Å². The van der Waals surface area contributed by atoms with Crippen molar-refractivity contribution in [1.29, 1.82) is 0 Å². The number of hydrogen-bond acceptors (Lipinski definition) is 6. The summed E-state index contributed by atoms with van der Waals surface area (Å²) in [6.07, 6.45) is 0. The van der Waals surface area contributed by atoms with Crippen LogP contribution in [-0.4, -0.2) is 39.7 Å². The van der Waals surface area contributed by atoms with Crippen LogP contribution in [-0.2, 0) is 0 Å². The monoisotopic (exact) mass is 356 g/mol. The fourth-order valence-corrected chi connectivity index (χ4v) is 3.06. The van der Waals surface area contributed by atoms with Gasteiger partial charge in [0.25, 0.3) is 0 Å². The third-order valence-corrected chi connectivity index (χ3v) is 4.03. The zero-order valence-electron chi connectivity index (χ0n) is 12.8. The zero-order chi connectivity index (χ0) is 16.8. The average Bonchev–Trinajstić information content (AvgIpc) is 3.07. The maximum atomic E-state index is 5.10. The second kappa shape index (κ2) is 5.42. The van der Waals surface area contributed by atoms with Gasteiger partial charge in [-0.3, -0.25) is 10.2 Å². The van der Waals surface area contributed by atoms with Gasteiger partial charge in [0, 0.05) is 10.8 Å². The molecule has 0 unspecified atom stereocenters. The number of hydrogen-bond donors (Lipinski definition) is 2. The van der Waals surface area contributed by atoms with E-state index >= 15 is 0 Å². The zero-order valence-corrected chi connectivity index (χ0v) is 14.4. The van der Waals surface area contributed by atoms with Gasteiger partial charge in [0.05, 0.1) is 0 Å². The maximum absolute atomic E-state index is 5.10. The van der Waals surface area contributed by atoms with Crippen LogP contribution in [0.25, 0.3) is 22.4 Å². The van der Waals surface area contributed by atoms with E-state index in [2.05, 4.69) is 30.4 Å². The lowest BCUT2D eigenvalue weighted by molar-refractivity contribution is 0.758. The summed E-state index contributed by atoms with van der Waals surface area (Å²) in [4.78, 5) is 8.42. The molecule has 24 heavy (non-hydrogen) atoms. The van der Waals surface area contributed by atoms with E-state index in [0.717, 1.165) is 10.8 Å². The minimum absolute atomic E-state index is 0.400. The van der Waals surface area contributed by atoms with Gasteiger partial charge in [0.1, 0.15) is 11.6 Å². The highest BCUT2D eigenvalue weighted by Crippen LogP contribution is 2.24. The first-order valence-electron chi connectivity index (χ1n) is 7.12. The molecule has 0 saturated carbocycles. The minimum atomic E-state index is 0.400. The van der Waals surface area contributed by atoms with Crippen molar-refractivity contribution in [2.75, 3.05) is 0 Å². The van der Waals surface area contributed by atoms with Crippen molar-refractivity contribution < 1.29 is 0 Å². The number of nitrogens with zero attached hydrogens (tertiary/aromatic N) is 6.